The van der Waals surface area contributed by atoms with E-state index in [1.54, 1.807) is 42.5 Å². The highest BCUT2D eigenvalue weighted by molar-refractivity contribution is 6.09. The lowest BCUT2D eigenvalue weighted by Crippen LogP contribution is -2.20. The minimum atomic E-state index is -0.481. The Bertz CT molecular complexity index is 1130. The van der Waals surface area contributed by atoms with Crippen molar-refractivity contribution < 1.29 is 14.3 Å². The third kappa shape index (κ3) is 6.58. The molecule has 31 heavy (non-hydrogen) atoms. The molecular formula is C25H21N3O3. The van der Waals surface area contributed by atoms with Gasteiger partial charge >= 0.3 is 0 Å². The summed E-state index contributed by atoms with van der Waals surface area (Å²) in [5, 5.41) is 14.8. The summed E-state index contributed by atoms with van der Waals surface area (Å²) in [6.07, 6.45) is 1.50. The fraction of sp³-hybridized carbons (Fsp3) is 0.0800. The molecule has 0 spiro atoms. The molecule has 0 saturated heterocycles. The summed E-state index contributed by atoms with van der Waals surface area (Å²) >= 11 is 0. The number of nitrogens with one attached hydrogen (secondary N) is 2. The molecule has 0 unspecified atom stereocenters. The Morgan fingerprint density at radius 1 is 0.935 bits per heavy atom. The molecule has 0 atom stereocenters. The van der Waals surface area contributed by atoms with Gasteiger partial charge < -0.3 is 15.4 Å². The first kappa shape index (κ1) is 21.3. The van der Waals surface area contributed by atoms with Gasteiger partial charge in [0.2, 0.25) is 0 Å². The first-order valence-corrected chi connectivity index (χ1v) is 9.61. The maximum absolute atomic E-state index is 12.4. The summed E-state index contributed by atoms with van der Waals surface area (Å²) in [6.45, 7) is 1.79. The van der Waals surface area contributed by atoms with Crippen LogP contribution >= 0.6 is 0 Å². The minimum absolute atomic E-state index is 0.0163. The van der Waals surface area contributed by atoms with Crippen molar-refractivity contribution in [1.29, 1.82) is 5.26 Å². The van der Waals surface area contributed by atoms with Gasteiger partial charge in [0.05, 0.1) is 0 Å². The van der Waals surface area contributed by atoms with Crippen molar-refractivity contribution >= 4 is 29.3 Å². The standard InChI is InChI=1S/C25H21N3O3/c1-18-6-5-9-22(14-18)28-25(30)20(16-26)15-19-10-12-23(13-11-19)31-17-24(29)27-21-7-3-2-4-8-21/h2-15H,17H2,1H3,(H,27,29)(H,28,30)/b20-15+. The number of hydrogen-bond donors (Lipinski definition) is 2. The Hall–Kier alpha value is -4.37. The van der Waals surface area contributed by atoms with E-state index in [1.807, 2.05) is 49.4 Å². The van der Waals surface area contributed by atoms with Crippen molar-refractivity contribution in [2.45, 2.75) is 6.92 Å². The zero-order valence-corrected chi connectivity index (χ0v) is 17.0. The van der Waals surface area contributed by atoms with Crippen LogP contribution in [-0.2, 0) is 9.59 Å². The van der Waals surface area contributed by atoms with Crippen LogP contribution in [0.1, 0.15) is 11.1 Å². The van der Waals surface area contributed by atoms with Crippen LogP contribution < -0.4 is 15.4 Å². The Balaban J connectivity index is 1.57. The summed E-state index contributed by atoms with van der Waals surface area (Å²) in [7, 11) is 0. The van der Waals surface area contributed by atoms with E-state index in [4.69, 9.17) is 4.74 Å². The number of carbonyl (C=O) groups excluding carboxylic acids is 2. The molecule has 0 heterocycles. The van der Waals surface area contributed by atoms with Crippen molar-refractivity contribution in [2.24, 2.45) is 0 Å². The van der Waals surface area contributed by atoms with Crippen molar-refractivity contribution in [3.05, 3.63) is 95.6 Å². The number of nitriles is 1. The van der Waals surface area contributed by atoms with Gasteiger partial charge in [0.15, 0.2) is 6.61 Å². The topological polar surface area (TPSA) is 91.2 Å². The van der Waals surface area contributed by atoms with Crippen LogP contribution in [0.3, 0.4) is 0 Å². The van der Waals surface area contributed by atoms with Crippen molar-refractivity contribution in [2.75, 3.05) is 17.2 Å². The third-order valence-corrected chi connectivity index (χ3v) is 4.26. The molecule has 0 aliphatic carbocycles. The van der Waals surface area contributed by atoms with Crippen LogP contribution in [0.5, 0.6) is 5.75 Å². The molecule has 2 N–H and O–H groups in total. The molecule has 0 bridgehead atoms. The van der Waals surface area contributed by atoms with Gasteiger partial charge in [0.1, 0.15) is 17.4 Å². The largest absolute Gasteiger partial charge is 0.484 e. The molecule has 3 aromatic rings. The van der Waals surface area contributed by atoms with Crippen LogP contribution in [0.15, 0.2) is 84.4 Å². The fourth-order valence-corrected chi connectivity index (χ4v) is 2.76. The quantitative estimate of drug-likeness (QED) is 0.440. The maximum Gasteiger partial charge on any atom is 0.266 e. The number of rotatable bonds is 7. The second-order valence-electron chi connectivity index (χ2n) is 6.77. The number of ether oxygens (including phenoxy) is 1. The molecule has 0 fully saturated rings. The summed E-state index contributed by atoms with van der Waals surface area (Å²) in [4.78, 5) is 24.3. The molecule has 154 valence electrons. The number of carbonyl (C=O) groups is 2. The zero-order chi connectivity index (χ0) is 22.1. The van der Waals surface area contributed by atoms with Gasteiger partial charge in [-0.25, -0.2) is 0 Å². The highest BCUT2D eigenvalue weighted by atomic mass is 16.5. The molecule has 3 aromatic carbocycles. The second-order valence-corrected chi connectivity index (χ2v) is 6.77. The van der Waals surface area contributed by atoms with E-state index in [-0.39, 0.29) is 18.1 Å². The minimum Gasteiger partial charge on any atom is -0.484 e. The van der Waals surface area contributed by atoms with Gasteiger partial charge in [-0.05, 0) is 60.5 Å². The number of aryl methyl sites for hydroxylation is 1. The van der Waals surface area contributed by atoms with Gasteiger partial charge in [-0.15, -0.1) is 0 Å². The third-order valence-electron chi connectivity index (χ3n) is 4.26. The average Bonchev–Trinajstić information content (AvgIpc) is 2.77. The van der Waals surface area contributed by atoms with Gasteiger partial charge in [-0.2, -0.15) is 5.26 Å². The maximum atomic E-state index is 12.4. The van der Waals surface area contributed by atoms with Crippen LogP contribution in [-0.4, -0.2) is 18.4 Å². The lowest BCUT2D eigenvalue weighted by Gasteiger charge is -2.08. The number of amides is 2. The predicted molar refractivity (Wildman–Crippen MR) is 120 cm³/mol. The van der Waals surface area contributed by atoms with E-state index in [0.717, 1.165) is 5.56 Å². The van der Waals surface area contributed by atoms with Gasteiger partial charge in [0, 0.05) is 11.4 Å². The Kier molecular flexibility index (Phi) is 7.17. The molecule has 2 amide bonds. The van der Waals surface area contributed by atoms with Crippen LogP contribution in [0, 0.1) is 18.3 Å². The highest BCUT2D eigenvalue weighted by Gasteiger charge is 2.10. The second kappa shape index (κ2) is 10.4. The van der Waals surface area contributed by atoms with Gasteiger partial charge in [-0.3, -0.25) is 9.59 Å². The Morgan fingerprint density at radius 2 is 1.65 bits per heavy atom. The van der Waals surface area contributed by atoms with E-state index in [9.17, 15) is 14.9 Å². The molecule has 0 aliphatic heterocycles. The smallest absolute Gasteiger partial charge is 0.266 e. The number of hydrogen-bond acceptors (Lipinski definition) is 4. The Labute approximate surface area is 180 Å². The molecule has 3 rings (SSSR count). The lowest BCUT2D eigenvalue weighted by atomic mass is 10.1. The SMILES string of the molecule is Cc1cccc(NC(=O)/C(C#N)=C/c2ccc(OCC(=O)Nc3ccccc3)cc2)c1. The summed E-state index contributed by atoms with van der Waals surface area (Å²) < 4.78 is 5.49. The summed E-state index contributed by atoms with van der Waals surface area (Å²) in [6, 6.07) is 25.2. The van der Waals surface area contributed by atoms with Crippen LogP contribution in [0.4, 0.5) is 11.4 Å². The lowest BCUT2D eigenvalue weighted by molar-refractivity contribution is -0.118. The molecule has 0 saturated carbocycles. The summed E-state index contributed by atoms with van der Waals surface area (Å²) in [5.41, 5.74) is 2.98. The number of benzene rings is 3. The van der Waals surface area contributed by atoms with Crippen molar-refractivity contribution in [1.82, 2.24) is 0 Å². The Morgan fingerprint density at radius 3 is 2.32 bits per heavy atom. The zero-order valence-electron chi connectivity index (χ0n) is 17.0. The normalized spacial score (nSPS) is 10.6. The molecule has 0 aliphatic rings. The molecule has 0 radical (unpaired) electrons. The monoisotopic (exact) mass is 411 g/mol. The average molecular weight is 411 g/mol. The van der Waals surface area contributed by atoms with E-state index < -0.39 is 5.91 Å². The number of anilines is 2. The fourth-order valence-electron chi connectivity index (χ4n) is 2.76. The van der Waals surface area contributed by atoms with E-state index >= 15 is 0 Å². The van der Waals surface area contributed by atoms with E-state index in [1.165, 1.54) is 6.08 Å². The first-order valence-electron chi connectivity index (χ1n) is 9.61. The first-order chi connectivity index (χ1) is 15.0. The number of nitrogens with zero attached hydrogens (tertiary/aromatic N) is 1. The van der Waals surface area contributed by atoms with Crippen LogP contribution in [0.2, 0.25) is 0 Å². The predicted octanol–water partition coefficient (Wildman–Crippen LogP) is 4.56. The van der Waals surface area contributed by atoms with Gasteiger partial charge in [0.25, 0.3) is 11.8 Å². The summed E-state index contributed by atoms with van der Waals surface area (Å²) in [5.74, 6) is -0.246. The molecule has 6 nitrogen and oxygen atoms in total. The molecule has 0 aromatic heterocycles. The molecule has 6 heteroatoms. The van der Waals surface area contributed by atoms with Gasteiger partial charge in [-0.1, -0.05) is 42.5 Å². The van der Waals surface area contributed by atoms with E-state index in [0.29, 0.717) is 22.7 Å². The van der Waals surface area contributed by atoms with E-state index in [2.05, 4.69) is 10.6 Å². The molecular weight excluding hydrogens is 390 g/mol. The van der Waals surface area contributed by atoms with Crippen LogP contribution in [0.25, 0.3) is 6.08 Å². The highest BCUT2D eigenvalue weighted by Crippen LogP contribution is 2.16. The van der Waals surface area contributed by atoms with Crippen molar-refractivity contribution in [3.8, 4) is 11.8 Å². The van der Waals surface area contributed by atoms with Crippen molar-refractivity contribution in [3.63, 3.8) is 0 Å². The number of para-hydroxylation sites is 1.